The topological polar surface area (TPSA) is 37.3 Å². The summed E-state index contributed by atoms with van der Waals surface area (Å²) in [4.78, 5) is 12.1. The van der Waals surface area contributed by atoms with Gasteiger partial charge in [0.15, 0.2) is 0 Å². The first-order valence-corrected chi connectivity index (χ1v) is 6.48. The number of rotatable bonds is 0. The summed E-state index contributed by atoms with van der Waals surface area (Å²) >= 11 is 0. The van der Waals surface area contributed by atoms with Crippen LogP contribution in [0.25, 0.3) is 0 Å². The van der Waals surface area contributed by atoms with Crippen LogP contribution < -0.4 is 0 Å². The number of hydrogen-bond acceptors (Lipinski definition) is 2. The Kier molecular flexibility index (Phi) is 2.17. The minimum absolute atomic E-state index is 0.00435. The number of aliphatic hydroxyl groups is 1. The standard InChI is InChI=1S/C13H20O2/c14-12-9-4-3-6-11(12)13(15)7-2-1-5-10(13)8-9/h9-11,15H,1-8H2/t9-,10+,11+,13+/m0/s1. The molecule has 0 aliphatic heterocycles. The van der Waals surface area contributed by atoms with Crippen molar-refractivity contribution in [1.82, 2.24) is 0 Å². The van der Waals surface area contributed by atoms with Gasteiger partial charge >= 0.3 is 0 Å². The molecule has 3 aliphatic rings. The molecular formula is C13H20O2. The second-order valence-electron chi connectivity index (χ2n) is 5.75. The van der Waals surface area contributed by atoms with Gasteiger partial charge in [0.25, 0.3) is 0 Å². The van der Waals surface area contributed by atoms with E-state index in [0.717, 1.165) is 44.9 Å². The molecule has 2 nitrogen and oxygen atoms in total. The molecule has 0 amide bonds. The average Bonchev–Trinajstić information content (AvgIpc) is 2.21. The van der Waals surface area contributed by atoms with Crippen molar-refractivity contribution in [2.45, 2.75) is 57.0 Å². The van der Waals surface area contributed by atoms with Crippen LogP contribution in [0.4, 0.5) is 0 Å². The lowest BCUT2D eigenvalue weighted by Gasteiger charge is -2.52. The zero-order valence-corrected chi connectivity index (χ0v) is 9.24. The summed E-state index contributed by atoms with van der Waals surface area (Å²) in [5, 5.41) is 10.8. The molecule has 0 spiro atoms. The van der Waals surface area contributed by atoms with E-state index in [-0.39, 0.29) is 5.92 Å². The summed E-state index contributed by atoms with van der Waals surface area (Å²) in [5.41, 5.74) is -0.605. The Labute approximate surface area is 91.1 Å². The van der Waals surface area contributed by atoms with Gasteiger partial charge in [-0.3, -0.25) is 4.79 Å². The molecule has 84 valence electrons. The molecule has 0 radical (unpaired) electrons. The molecule has 3 saturated carbocycles. The van der Waals surface area contributed by atoms with E-state index in [2.05, 4.69) is 0 Å². The fourth-order valence-corrected chi connectivity index (χ4v) is 4.24. The van der Waals surface area contributed by atoms with E-state index in [1.54, 1.807) is 0 Å². The predicted octanol–water partition coefficient (Wildman–Crippen LogP) is 2.30. The van der Waals surface area contributed by atoms with Gasteiger partial charge in [0.1, 0.15) is 5.78 Å². The summed E-state index contributed by atoms with van der Waals surface area (Å²) in [6.45, 7) is 0. The van der Waals surface area contributed by atoms with Crippen molar-refractivity contribution in [2.24, 2.45) is 17.8 Å². The molecule has 0 aromatic rings. The monoisotopic (exact) mass is 208 g/mol. The molecule has 3 aliphatic carbocycles. The molecule has 0 unspecified atom stereocenters. The van der Waals surface area contributed by atoms with Gasteiger partial charge in [-0.25, -0.2) is 0 Å². The third-order valence-corrected chi connectivity index (χ3v) is 5.05. The molecule has 0 heterocycles. The maximum atomic E-state index is 12.1. The highest BCUT2D eigenvalue weighted by molar-refractivity contribution is 5.86. The van der Waals surface area contributed by atoms with Gasteiger partial charge < -0.3 is 5.11 Å². The first kappa shape index (κ1) is 9.83. The van der Waals surface area contributed by atoms with Gasteiger partial charge in [0, 0.05) is 11.8 Å². The van der Waals surface area contributed by atoms with Gasteiger partial charge in [0.2, 0.25) is 0 Å². The van der Waals surface area contributed by atoms with Gasteiger partial charge in [0.05, 0.1) is 5.60 Å². The van der Waals surface area contributed by atoms with E-state index in [0.29, 0.717) is 17.6 Å². The maximum absolute atomic E-state index is 12.1. The zero-order chi connectivity index (χ0) is 10.5. The molecule has 4 atom stereocenters. The lowest BCUT2D eigenvalue weighted by Crippen LogP contribution is -2.57. The van der Waals surface area contributed by atoms with E-state index >= 15 is 0 Å². The van der Waals surface area contributed by atoms with Crippen molar-refractivity contribution in [2.75, 3.05) is 0 Å². The molecule has 3 rings (SSSR count). The number of carbonyl (C=O) groups excluding carboxylic acids is 1. The molecule has 0 aromatic heterocycles. The van der Waals surface area contributed by atoms with Crippen molar-refractivity contribution in [3.8, 4) is 0 Å². The highest BCUT2D eigenvalue weighted by atomic mass is 16.3. The second-order valence-corrected chi connectivity index (χ2v) is 5.75. The van der Waals surface area contributed by atoms with Crippen LogP contribution in [0.15, 0.2) is 0 Å². The van der Waals surface area contributed by atoms with Gasteiger partial charge in [-0.1, -0.05) is 19.3 Å². The van der Waals surface area contributed by atoms with Crippen molar-refractivity contribution in [3.05, 3.63) is 0 Å². The van der Waals surface area contributed by atoms with E-state index in [9.17, 15) is 9.90 Å². The van der Waals surface area contributed by atoms with Crippen LogP contribution in [0.3, 0.4) is 0 Å². The van der Waals surface area contributed by atoms with Crippen LogP contribution in [0, 0.1) is 17.8 Å². The first-order valence-electron chi connectivity index (χ1n) is 6.48. The Balaban J connectivity index is 1.94. The lowest BCUT2D eigenvalue weighted by atomic mass is 9.55. The smallest absolute Gasteiger partial charge is 0.141 e. The fourth-order valence-electron chi connectivity index (χ4n) is 4.24. The third-order valence-electron chi connectivity index (χ3n) is 5.05. The second kappa shape index (κ2) is 3.31. The third kappa shape index (κ3) is 1.30. The number of fused-ring (bicyclic) bond motifs is 4. The largest absolute Gasteiger partial charge is 0.389 e. The SMILES string of the molecule is O=C1[C@H]2CCC[C@H]1[C@@]1(O)CCCC[C@@H]1C2. The highest BCUT2D eigenvalue weighted by Gasteiger charge is 2.55. The van der Waals surface area contributed by atoms with Crippen LogP contribution >= 0.6 is 0 Å². The maximum Gasteiger partial charge on any atom is 0.141 e. The van der Waals surface area contributed by atoms with Gasteiger partial charge in [-0.15, -0.1) is 0 Å². The van der Waals surface area contributed by atoms with E-state index in [4.69, 9.17) is 0 Å². The molecule has 0 aromatic carbocycles. The van der Waals surface area contributed by atoms with Crippen molar-refractivity contribution in [1.29, 1.82) is 0 Å². The molecule has 3 fully saturated rings. The van der Waals surface area contributed by atoms with E-state index in [1.807, 2.05) is 0 Å². The van der Waals surface area contributed by atoms with Crippen LogP contribution in [-0.4, -0.2) is 16.5 Å². The van der Waals surface area contributed by atoms with Crippen molar-refractivity contribution >= 4 is 5.78 Å². The summed E-state index contributed by atoms with van der Waals surface area (Å²) < 4.78 is 0. The van der Waals surface area contributed by atoms with E-state index < -0.39 is 5.60 Å². The minimum atomic E-state index is -0.605. The highest BCUT2D eigenvalue weighted by Crippen LogP contribution is 2.52. The first-order chi connectivity index (χ1) is 7.22. The zero-order valence-electron chi connectivity index (χ0n) is 9.24. The molecule has 1 N–H and O–H groups in total. The van der Waals surface area contributed by atoms with E-state index in [1.165, 1.54) is 6.42 Å². The van der Waals surface area contributed by atoms with Crippen LogP contribution in [-0.2, 0) is 4.79 Å². The Morgan fingerprint density at radius 2 is 2.00 bits per heavy atom. The number of hydrogen-bond donors (Lipinski definition) is 1. The number of Topliss-reactive ketones (excluding diaryl/α,β-unsaturated/α-hetero) is 1. The molecule has 15 heavy (non-hydrogen) atoms. The Bertz CT molecular complexity index is 286. The Morgan fingerprint density at radius 3 is 2.87 bits per heavy atom. The number of carbonyl (C=O) groups is 1. The molecular weight excluding hydrogens is 188 g/mol. The van der Waals surface area contributed by atoms with Crippen molar-refractivity contribution < 1.29 is 9.90 Å². The Hall–Kier alpha value is -0.370. The summed E-state index contributed by atoms with van der Waals surface area (Å²) in [5.74, 6) is 1.11. The quantitative estimate of drug-likeness (QED) is 0.663. The molecule has 0 saturated heterocycles. The summed E-state index contributed by atoms with van der Waals surface area (Å²) in [6.07, 6.45) is 8.55. The summed E-state index contributed by atoms with van der Waals surface area (Å²) in [7, 11) is 0. The van der Waals surface area contributed by atoms with Gasteiger partial charge in [-0.05, 0) is 38.0 Å². The normalized spacial score (nSPS) is 49.9. The summed E-state index contributed by atoms with van der Waals surface area (Å²) in [6, 6.07) is 0. The average molecular weight is 208 g/mol. The van der Waals surface area contributed by atoms with Crippen LogP contribution in [0.5, 0.6) is 0 Å². The van der Waals surface area contributed by atoms with Crippen LogP contribution in [0.1, 0.15) is 51.4 Å². The lowest BCUT2D eigenvalue weighted by molar-refractivity contribution is -0.167. The predicted molar refractivity (Wildman–Crippen MR) is 57.4 cm³/mol. The van der Waals surface area contributed by atoms with Gasteiger partial charge in [-0.2, -0.15) is 0 Å². The fraction of sp³-hybridized carbons (Fsp3) is 0.923. The minimum Gasteiger partial charge on any atom is -0.389 e. The molecule has 2 heteroatoms. The molecule has 2 bridgehead atoms. The Morgan fingerprint density at radius 1 is 1.13 bits per heavy atom. The number of ketones is 1. The van der Waals surface area contributed by atoms with Crippen molar-refractivity contribution in [3.63, 3.8) is 0 Å². The van der Waals surface area contributed by atoms with Crippen LogP contribution in [0.2, 0.25) is 0 Å².